The van der Waals surface area contributed by atoms with Crippen LogP contribution in [0.2, 0.25) is 5.02 Å². The summed E-state index contributed by atoms with van der Waals surface area (Å²) in [4.78, 5) is 23.2. The molecule has 0 saturated heterocycles. The van der Waals surface area contributed by atoms with Crippen LogP contribution in [0.25, 0.3) is 0 Å². The first kappa shape index (κ1) is 16.0. The molecule has 0 aromatic heterocycles. The molecule has 0 aliphatic heterocycles. The number of halogens is 1. The lowest BCUT2D eigenvalue weighted by Gasteiger charge is -2.06. The summed E-state index contributed by atoms with van der Waals surface area (Å²) in [6, 6.07) is 14.1. The Morgan fingerprint density at radius 1 is 1.00 bits per heavy atom. The van der Waals surface area contributed by atoms with E-state index in [2.05, 4.69) is 10.1 Å². The SMILES string of the molecule is COC(=O)c1ccc(CNC(=O)Cc2ccc(Cl)cc2)cc1. The van der Waals surface area contributed by atoms with E-state index in [1.54, 1.807) is 36.4 Å². The van der Waals surface area contributed by atoms with Gasteiger partial charge in [0.15, 0.2) is 0 Å². The third kappa shape index (κ3) is 4.60. The Balaban J connectivity index is 1.85. The monoisotopic (exact) mass is 317 g/mol. The summed E-state index contributed by atoms with van der Waals surface area (Å²) in [5.74, 6) is -0.447. The average Bonchev–Trinajstić information content (AvgIpc) is 2.55. The van der Waals surface area contributed by atoms with Gasteiger partial charge in [-0.3, -0.25) is 4.79 Å². The number of hydrogen-bond acceptors (Lipinski definition) is 3. The lowest BCUT2D eigenvalue weighted by atomic mass is 10.1. The summed E-state index contributed by atoms with van der Waals surface area (Å²) in [6.07, 6.45) is 0.303. The van der Waals surface area contributed by atoms with Crippen LogP contribution in [0.5, 0.6) is 0 Å². The molecule has 0 fully saturated rings. The normalized spacial score (nSPS) is 10.1. The molecule has 0 spiro atoms. The van der Waals surface area contributed by atoms with Crippen LogP contribution < -0.4 is 5.32 Å². The first-order valence-electron chi connectivity index (χ1n) is 6.77. The summed E-state index contributed by atoms with van der Waals surface area (Å²) < 4.78 is 4.63. The van der Waals surface area contributed by atoms with E-state index in [0.29, 0.717) is 23.6 Å². The summed E-state index contributed by atoms with van der Waals surface area (Å²) >= 11 is 5.80. The maximum atomic E-state index is 11.9. The smallest absolute Gasteiger partial charge is 0.337 e. The topological polar surface area (TPSA) is 55.4 Å². The van der Waals surface area contributed by atoms with Gasteiger partial charge in [-0.2, -0.15) is 0 Å². The molecule has 0 radical (unpaired) electrons. The van der Waals surface area contributed by atoms with Crippen LogP contribution >= 0.6 is 11.6 Å². The van der Waals surface area contributed by atoms with E-state index in [-0.39, 0.29) is 11.9 Å². The first-order valence-corrected chi connectivity index (χ1v) is 7.14. The second-order valence-corrected chi connectivity index (χ2v) is 5.20. The Labute approximate surface area is 134 Å². The largest absolute Gasteiger partial charge is 0.465 e. The highest BCUT2D eigenvalue weighted by atomic mass is 35.5. The predicted octanol–water partition coefficient (Wildman–Crippen LogP) is 2.99. The fourth-order valence-electron chi connectivity index (χ4n) is 1.93. The van der Waals surface area contributed by atoms with Gasteiger partial charge in [-0.1, -0.05) is 35.9 Å². The van der Waals surface area contributed by atoms with E-state index in [1.807, 2.05) is 12.1 Å². The number of esters is 1. The van der Waals surface area contributed by atoms with Gasteiger partial charge >= 0.3 is 5.97 Å². The Morgan fingerprint density at radius 3 is 2.18 bits per heavy atom. The van der Waals surface area contributed by atoms with Crippen LogP contribution in [0.4, 0.5) is 0 Å². The molecule has 4 nitrogen and oxygen atoms in total. The van der Waals surface area contributed by atoms with Crippen LogP contribution in [0.1, 0.15) is 21.5 Å². The van der Waals surface area contributed by atoms with Crippen molar-refractivity contribution in [2.24, 2.45) is 0 Å². The molecule has 0 aliphatic carbocycles. The molecule has 0 saturated carbocycles. The zero-order valence-electron chi connectivity index (χ0n) is 12.1. The third-order valence-electron chi connectivity index (χ3n) is 3.14. The van der Waals surface area contributed by atoms with Crippen LogP contribution in [0.15, 0.2) is 48.5 Å². The van der Waals surface area contributed by atoms with Crippen LogP contribution in [-0.2, 0) is 22.5 Å². The lowest BCUT2D eigenvalue weighted by Crippen LogP contribution is -2.24. The summed E-state index contributed by atoms with van der Waals surface area (Å²) in [7, 11) is 1.34. The number of rotatable bonds is 5. The molecule has 0 bridgehead atoms. The molecule has 0 atom stereocenters. The van der Waals surface area contributed by atoms with E-state index in [4.69, 9.17) is 11.6 Å². The summed E-state index contributed by atoms with van der Waals surface area (Å²) in [6.45, 7) is 0.411. The fraction of sp³-hybridized carbons (Fsp3) is 0.176. The number of amides is 1. The number of carbonyl (C=O) groups is 2. The molecule has 2 rings (SSSR count). The van der Waals surface area contributed by atoms with Crippen molar-refractivity contribution in [2.75, 3.05) is 7.11 Å². The van der Waals surface area contributed by atoms with Crippen molar-refractivity contribution in [3.8, 4) is 0 Å². The van der Waals surface area contributed by atoms with Crippen molar-refractivity contribution in [1.29, 1.82) is 0 Å². The Hall–Kier alpha value is -2.33. The quantitative estimate of drug-likeness (QED) is 0.863. The Kier molecular flexibility index (Phi) is 5.55. The summed E-state index contributed by atoms with van der Waals surface area (Å²) in [5, 5.41) is 3.48. The number of nitrogens with one attached hydrogen (secondary N) is 1. The van der Waals surface area contributed by atoms with Gasteiger partial charge in [0.2, 0.25) is 5.91 Å². The first-order chi connectivity index (χ1) is 10.6. The van der Waals surface area contributed by atoms with E-state index >= 15 is 0 Å². The molecule has 22 heavy (non-hydrogen) atoms. The molecule has 0 unspecified atom stereocenters. The van der Waals surface area contributed by atoms with Crippen molar-refractivity contribution in [1.82, 2.24) is 5.32 Å². The molecule has 1 amide bonds. The van der Waals surface area contributed by atoms with E-state index in [1.165, 1.54) is 7.11 Å². The van der Waals surface area contributed by atoms with Crippen molar-refractivity contribution in [3.63, 3.8) is 0 Å². The minimum Gasteiger partial charge on any atom is -0.465 e. The van der Waals surface area contributed by atoms with Gasteiger partial charge in [-0.15, -0.1) is 0 Å². The maximum absolute atomic E-state index is 11.9. The number of ether oxygens (including phenoxy) is 1. The van der Waals surface area contributed by atoms with Crippen molar-refractivity contribution in [2.45, 2.75) is 13.0 Å². The van der Waals surface area contributed by atoms with Gasteiger partial charge in [0, 0.05) is 11.6 Å². The van der Waals surface area contributed by atoms with E-state index < -0.39 is 0 Å². The lowest BCUT2D eigenvalue weighted by molar-refractivity contribution is -0.120. The van der Waals surface area contributed by atoms with Gasteiger partial charge in [0.25, 0.3) is 0 Å². The highest BCUT2D eigenvalue weighted by Crippen LogP contribution is 2.10. The van der Waals surface area contributed by atoms with Crippen molar-refractivity contribution in [3.05, 3.63) is 70.2 Å². The number of methoxy groups -OCH3 is 1. The number of carbonyl (C=O) groups excluding carboxylic acids is 2. The standard InChI is InChI=1S/C17H16ClNO3/c1-22-17(21)14-6-2-13(3-7-14)11-19-16(20)10-12-4-8-15(18)9-5-12/h2-9H,10-11H2,1H3,(H,19,20). The summed E-state index contributed by atoms with van der Waals surface area (Å²) in [5.41, 5.74) is 2.30. The average molecular weight is 318 g/mol. The Morgan fingerprint density at radius 2 is 1.59 bits per heavy atom. The third-order valence-corrected chi connectivity index (χ3v) is 3.39. The van der Waals surface area contributed by atoms with Gasteiger partial charge in [0.05, 0.1) is 19.1 Å². The fourth-order valence-corrected chi connectivity index (χ4v) is 2.05. The van der Waals surface area contributed by atoms with Gasteiger partial charge in [-0.25, -0.2) is 4.79 Å². The minimum absolute atomic E-state index is 0.0700. The molecule has 1 N–H and O–H groups in total. The Bertz CT molecular complexity index is 651. The second-order valence-electron chi connectivity index (χ2n) is 4.77. The molecule has 5 heteroatoms. The maximum Gasteiger partial charge on any atom is 0.337 e. The van der Waals surface area contributed by atoms with Gasteiger partial charge in [0.1, 0.15) is 0 Å². The van der Waals surface area contributed by atoms with E-state index in [0.717, 1.165) is 11.1 Å². The molecule has 114 valence electrons. The number of benzene rings is 2. The van der Waals surface area contributed by atoms with Gasteiger partial charge in [-0.05, 0) is 35.4 Å². The molecule has 2 aromatic rings. The molecule has 0 heterocycles. The molecule has 0 aliphatic rings. The van der Waals surface area contributed by atoms with E-state index in [9.17, 15) is 9.59 Å². The van der Waals surface area contributed by atoms with Crippen LogP contribution in [0.3, 0.4) is 0 Å². The zero-order chi connectivity index (χ0) is 15.9. The zero-order valence-corrected chi connectivity index (χ0v) is 12.9. The highest BCUT2D eigenvalue weighted by molar-refractivity contribution is 6.30. The van der Waals surface area contributed by atoms with Crippen molar-refractivity contribution >= 4 is 23.5 Å². The predicted molar refractivity (Wildman–Crippen MR) is 84.8 cm³/mol. The molecular formula is C17H16ClNO3. The highest BCUT2D eigenvalue weighted by Gasteiger charge is 2.06. The number of hydrogen-bond donors (Lipinski definition) is 1. The van der Waals surface area contributed by atoms with Crippen molar-refractivity contribution < 1.29 is 14.3 Å². The van der Waals surface area contributed by atoms with Gasteiger partial charge < -0.3 is 10.1 Å². The minimum atomic E-state index is -0.377. The molecule has 2 aromatic carbocycles. The van der Waals surface area contributed by atoms with Crippen LogP contribution in [0, 0.1) is 0 Å². The molecular weight excluding hydrogens is 302 g/mol. The van der Waals surface area contributed by atoms with Crippen LogP contribution in [-0.4, -0.2) is 19.0 Å². The second kappa shape index (κ2) is 7.61.